The van der Waals surface area contributed by atoms with Crippen molar-refractivity contribution in [3.63, 3.8) is 0 Å². The van der Waals surface area contributed by atoms with Gasteiger partial charge in [0.05, 0.1) is 19.4 Å². The van der Waals surface area contributed by atoms with E-state index in [2.05, 4.69) is 5.32 Å². The van der Waals surface area contributed by atoms with Gasteiger partial charge in [-0.2, -0.15) is 0 Å². The van der Waals surface area contributed by atoms with Crippen LogP contribution in [0.1, 0.15) is 12.8 Å². The molecule has 0 unspecified atom stereocenters. The smallest absolute Gasteiger partial charge is 0.142 e. The minimum Gasteiger partial charge on any atom is -0.497 e. The van der Waals surface area contributed by atoms with Crippen LogP contribution >= 0.6 is 0 Å². The summed E-state index contributed by atoms with van der Waals surface area (Å²) in [6.07, 6.45) is 2.26. The first-order valence-electron chi connectivity index (χ1n) is 4.95. The van der Waals surface area contributed by atoms with Crippen LogP contribution in [0, 0.1) is 0 Å². The zero-order valence-electron chi connectivity index (χ0n) is 8.38. The Labute approximate surface area is 84.0 Å². The number of fused-ring (bicyclic) bond motifs is 1. The highest BCUT2D eigenvalue weighted by Crippen LogP contribution is 2.30. The Morgan fingerprint density at radius 1 is 1.36 bits per heavy atom. The zero-order chi connectivity index (χ0) is 9.80. The van der Waals surface area contributed by atoms with Gasteiger partial charge in [-0.15, -0.1) is 0 Å². The second-order valence-electron chi connectivity index (χ2n) is 3.34. The highest BCUT2D eigenvalue weighted by molar-refractivity contribution is 5.59. The number of methoxy groups -OCH3 is 1. The molecule has 0 saturated heterocycles. The third-order valence-electron chi connectivity index (χ3n) is 2.33. The van der Waals surface area contributed by atoms with Gasteiger partial charge in [0.1, 0.15) is 11.5 Å². The largest absolute Gasteiger partial charge is 0.497 e. The molecule has 0 bridgehead atoms. The number of hydrogen-bond donors (Lipinski definition) is 1. The number of benzene rings is 1. The Morgan fingerprint density at radius 2 is 2.29 bits per heavy atom. The van der Waals surface area contributed by atoms with Gasteiger partial charge in [-0.25, -0.2) is 0 Å². The molecule has 1 aromatic carbocycles. The SMILES string of the molecule is COc1ccc2c(c1)NCCCCO2. The first kappa shape index (κ1) is 9.19. The van der Waals surface area contributed by atoms with E-state index in [0.717, 1.165) is 43.2 Å². The number of ether oxygens (including phenoxy) is 2. The third kappa shape index (κ3) is 1.92. The van der Waals surface area contributed by atoms with Gasteiger partial charge in [0, 0.05) is 12.6 Å². The first-order valence-corrected chi connectivity index (χ1v) is 4.95. The predicted octanol–water partition coefficient (Wildman–Crippen LogP) is 2.28. The predicted molar refractivity (Wildman–Crippen MR) is 56.2 cm³/mol. The van der Waals surface area contributed by atoms with Crippen molar-refractivity contribution < 1.29 is 9.47 Å². The van der Waals surface area contributed by atoms with Crippen LogP contribution in [0.4, 0.5) is 5.69 Å². The molecule has 1 aromatic rings. The Kier molecular flexibility index (Phi) is 2.77. The molecule has 1 aliphatic rings. The molecule has 0 saturated carbocycles. The third-order valence-corrected chi connectivity index (χ3v) is 2.33. The molecule has 2 rings (SSSR count). The summed E-state index contributed by atoms with van der Waals surface area (Å²) in [6, 6.07) is 5.84. The van der Waals surface area contributed by atoms with E-state index in [-0.39, 0.29) is 0 Å². The van der Waals surface area contributed by atoms with Crippen molar-refractivity contribution in [1.82, 2.24) is 0 Å². The quantitative estimate of drug-likeness (QED) is 0.742. The average molecular weight is 193 g/mol. The van der Waals surface area contributed by atoms with Crippen LogP contribution in [-0.4, -0.2) is 20.3 Å². The van der Waals surface area contributed by atoms with E-state index in [1.807, 2.05) is 18.2 Å². The van der Waals surface area contributed by atoms with Gasteiger partial charge in [-0.1, -0.05) is 0 Å². The minimum absolute atomic E-state index is 0.807. The molecule has 0 radical (unpaired) electrons. The average Bonchev–Trinajstić information content (AvgIpc) is 2.18. The monoisotopic (exact) mass is 193 g/mol. The van der Waals surface area contributed by atoms with E-state index >= 15 is 0 Å². The summed E-state index contributed by atoms with van der Waals surface area (Å²) in [5.41, 5.74) is 1.03. The summed E-state index contributed by atoms with van der Waals surface area (Å²) in [4.78, 5) is 0. The van der Waals surface area contributed by atoms with Gasteiger partial charge >= 0.3 is 0 Å². The minimum atomic E-state index is 0.807. The van der Waals surface area contributed by atoms with Gasteiger partial charge < -0.3 is 14.8 Å². The van der Waals surface area contributed by atoms with Crippen LogP contribution in [0.3, 0.4) is 0 Å². The molecule has 0 atom stereocenters. The van der Waals surface area contributed by atoms with Crippen LogP contribution in [0.2, 0.25) is 0 Å². The summed E-state index contributed by atoms with van der Waals surface area (Å²) in [7, 11) is 1.67. The molecule has 14 heavy (non-hydrogen) atoms. The molecule has 3 heteroatoms. The van der Waals surface area contributed by atoms with Gasteiger partial charge in [-0.05, 0) is 25.0 Å². The topological polar surface area (TPSA) is 30.5 Å². The lowest BCUT2D eigenvalue weighted by Gasteiger charge is -2.17. The van der Waals surface area contributed by atoms with Crippen molar-refractivity contribution >= 4 is 5.69 Å². The van der Waals surface area contributed by atoms with Gasteiger partial charge in [0.25, 0.3) is 0 Å². The Bertz CT molecular complexity index is 312. The molecular weight excluding hydrogens is 178 g/mol. The maximum Gasteiger partial charge on any atom is 0.142 e. The molecule has 0 fully saturated rings. The number of anilines is 1. The Hall–Kier alpha value is -1.38. The number of nitrogens with one attached hydrogen (secondary N) is 1. The number of hydrogen-bond acceptors (Lipinski definition) is 3. The summed E-state index contributed by atoms with van der Waals surface area (Å²) in [5, 5.41) is 3.33. The van der Waals surface area contributed by atoms with E-state index in [9.17, 15) is 0 Å². The molecule has 1 heterocycles. The molecule has 1 N–H and O–H groups in total. The summed E-state index contributed by atoms with van der Waals surface area (Å²) in [5.74, 6) is 1.78. The Morgan fingerprint density at radius 3 is 3.14 bits per heavy atom. The second-order valence-corrected chi connectivity index (χ2v) is 3.34. The molecule has 0 aromatic heterocycles. The summed E-state index contributed by atoms with van der Waals surface area (Å²) in [6.45, 7) is 1.81. The van der Waals surface area contributed by atoms with E-state index in [1.54, 1.807) is 7.11 Å². The van der Waals surface area contributed by atoms with E-state index in [1.165, 1.54) is 0 Å². The van der Waals surface area contributed by atoms with E-state index in [0.29, 0.717) is 0 Å². The zero-order valence-corrected chi connectivity index (χ0v) is 8.38. The van der Waals surface area contributed by atoms with Crippen LogP contribution in [0.25, 0.3) is 0 Å². The molecule has 0 aliphatic carbocycles. The van der Waals surface area contributed by atoms with Crippen molar-refractivity contribution in [3.8, 4) is 11.5 Å². The van der Waals surface area contributed by atoms with Gasteiger partial charge in [0.2, 0.25) is 0 Å². The van der Waals surface area contributed by atoms with Crippen molar-refractivity contribution in [2.75, 3.05) is 25.6 Å². The van der Waals surface area contributed by atoms with Crippen molar-refractivity contribution in [2.45, 2.75) is 12.8 Å². The van der Waals surface area contributed by atoms with Gasteiger partial charge in [0.15, 0.2) is 0 Å². The molecule has 76 valence electrons. The molecule has 0 spiro atoms. The van der Waals surface area contributed by atoms with Crippen molar-refractivity contribution in [3.05, 3.63) is 18.2 Å². The lowest BCUT2D eigenvalue weighted by molar-refractivity contribution is 0.305. The second kappa shape index (κ2) is 4.22. The fourth-order valence-electron chi connectivity index (χ4n) is 1.53. The molecule has 1 aliphatic heterocycles. The van der Waals surface area contributed by atoms with Gasteiger partial charge in [-0.3, -0.25) is 0 Å². The standard InChI is InChI=1S/C11H15NO2/c1-13-9-4-5-11-10(8-9)12-6-2-3-7-14-11/h4-5,8,12H,2-3,6-7H2,1H3. The lowest BCUT2D eigenvalue weighted by Crippen LogP contribution is -2.10. The van der Waals surface area contributed by atoms with E-state index in [4.69, 9.17) is 9.47 Å². The lowest BCUT2D eigenvalue weighted by atomic mass is 10.2. The van der Waals surface area contributed by atoms with Crippen LogP contribution < -0.4 is 14.8 Å². The fourth-order valence-corrected chi connectivity index (χ4v) is 1.53. The summed E-state index contributed by atoms with van der Waals surface area (Å²) < 4.78 is 10.8. The van der Waals surface area contributed by atoms with Crippen LogP contribution in [0.5, 0.6) is 11.5 Å². The molecule has 0 amide bonds. The van der Waals surface area contributed by atoms with Crippen molar-refractivity contribution in [1.29, 1.82) is 0 Å². The van der Waals surface area contributed by atoms with Crippen LogP contribution in [0.15, 0.2) is 18.2 Å². The Balaban J connectivity index is 2.26. The van der Waals surface area contributed by atoms with E-state index < -0.39 is 0 Å². The van der Waals surface area contributed by atoms with Crippen molar-refractivity contribution in [2.24, 2.45) is 0 Å². The highest BCUT2D eigenvalue weighted by atomic mass is 16.5. The maximum atomic E-state index is 5.61. The fraction of sp³-hybridized carbons (Fsp3) is 0.455. The molecule has 3 nitrogen and oxygen atoms in total. The molecular formula is C11H15NO2. The van der Waals surface area contributed by atoms with Crippen LogP contribution in [-0.2, 0) is 0 Å². The highest BCUT2D eigenvalue weighted by Gasteiger charge is 2.07. The normalized spacial score (nSPS) is 15.5. The first-order chi connectivity index (χ1) is 6.90. The number of rotatable bonds is 1. The maximum absolute atomic E-state index is 5.61. The summed E-state index contributed by atoms with van der Waals surface area (Å²) >= 11 is 0.